The lowest BCUT2D eigenvalue weighted by molar-refractivity contribution is -0.138. The molecule has 0 N–H and O–H groups in total. The van der Waals surface area contributed by atoms with Gasteiger partial charge < -0.3 is 14.2 Å². The second-order valence-electron chi connectivity index (χ2n) is 10.4. The lowest BCUT2D eigenvalue weighted by Crippen LogP contribution is -2.39. The Bertz CT molecular complexity index is 2220. The third-order valence-corrected chi connectivity index (χ3v) is 9.12. The SMILES string of the molecule is CCOC(=O)C1=C(c2ccccc2)N=c2s/c(=C\c3cc(Br)c(OCc4ccccc4C#N)c(OC)c3)c(=O)n2[C@H]1c1ccccc1. The standard InChI is InChI=1S/C37H28BrN3O5S/c1-3-45-36(43)31-32(24-12-6-4-7-13-24)40-37-41(33(31)25-14-8-5-9-15-25)35(42)30(47-37)20-23-18-28(38)34(29(19-23)44-2)46-22-27-17-11-10-16-26(27)21-39/h4-20,33H,3,22H2,1-2H3/b30-20-/t33-/m0/s1. The number of hydrogen-bond acceptors (Lipinski definition) is 8. The van der Waals surface area contributed by atoms with Crippen molar-refractivity contribution in [3.63, 3.8) is 0 Å². The highest BCUT2D eigenvalue weighted by molar-refractivity contribution is 9.10. The van der Waals surface area contributed by atoms with Crippen LogP contribution in [0.4, 0.5) is 0 Å². The fourth-order valence-electron chi connectivity index (χ4n) is 5.41. The highest BCUT2D eigenvalue weighted by atomic mass is 79.9. The molecule has 1 aliphatic heterocycles. The zero-order valence-electron chi connectivity index (χ0n) is 25.5. The minimum Gasteiger partial charge on any atom is -0.493 e. The number of aromatic nitrogens is 1. The molecule has 0 aliphatic carbocycles. The third-order valence-electron chi connectivity index (χ3n) is 7.55. The van der Waals surface area contributed by atoms with Gasteiger partial charge in [-0.25, -0.2) is 9.79 Å². The molecule has 0 unspecified atom stereocenters. The number of hydrogen-bond donors (Lipinski definition) is 0. The van der Waals surface area contributed by atoms with E-state index in [9.17, 15) is 14.9 Å². The highest BCUT2D eigenvalue weighted by Crippen LogP contribution is 2.38. The molecule has 1 aromatic heterocycles. The third kappa shape index (κ3) is 6.41. The van der Waals surface area contributed by atoms with Crippen LogP contribution in [0.15, 0.2) is 117 Å². The molecule has 0 amide bonds. The average molecular weight is 707 g/mol. The van der Waals surface area contributed by atoms with E-state index in [-0.39, 0.29) is 18.8 Å². The predicted molar refractivity (Wildman–Crippen MR) is 184 cm³/mol. The molecule has 10 heteroatoms. The Kier molecular flexibility index (Phi) is 9.47. The number of esters is 1. The number of nitrogens with zero attached hydrogens (tertiary/aromatic N) is 3. The smallest absolute Gasteiger partial charge is 0.338 e. The number of carbonyl (C=O) groups excluding carboxylic acids is 1. The van der Waals surface area contributed by atoms with Crippen LogP contribution in [0.2, 0.25) is 0 Å². The number of benzene rings is 4. The molecule has 0 saturated carbocycles. The fourth-order valence-corrected chi connectivity index (χ4v) is 6.99. The summed E-state index contributed by atoms with van der Waals surface area (Å²) >= 11 is 4.84. The van der Waals surface area contributed by atoms with Gasteiger partial charge in [0.25, 0.3) is 5.56 Å². The van der Waals surface area contributed by atoms with Crippen LogP contribution in [-0.4, -0.2) is 24.3 Å². The Hall–Kier alpha value is -5.24. The summed E-state index contributed by atoms with van der Waals surface area (Å²) in [5.41, 5.74) is 3.95. The van der Waals surface area contributed by atoms with Crippen molar-refractivity contribution in [2.45, 2.75) is 19.6 Å². The van der Waals surface area contributed by atoms with Gasteiger partial charge in [-0.1, -0.05) is 90.2 Å². The number of halogens is 1. The molecular weight excluding hydrogens is 678 g/mol. The Morgan fingerprint density at radius 1 is 1.04 bits per heavy atom. The average Bonchev–Trinajstić information content (AvgIpc) is 3.41. The van der Waals surface area contributed by atoms with Crippen LogP contribution in [-0.2, 0) is 16.1 Å². The van der Waals surface area contributed by atoms with E-state index >= 15 is 0 Å². The van der Waals surface area contributed by atoms with Crippen LogP contribution in [0.25, 0.3) is 11.8 Å². The second-order valence-corrected chi connectivity index (χ2v) is 12.3. The van der Waals surface area contributed by atoms with E-state index in [1.807, 2.05) is 78.9 Å². The van der Waals surface area contributed by atoms with Crippen molar-refractivity contribution in [2.75, 3.05) is 13.7 Å². The van der Waals surface area contributed by atoms with E-state index in [0.29, 0.717) is 47.7 Å². The van der Waals surface area contributed by atoms with Crippen molar-refractivity contribution in [1.29, 1.82) is 5.26 Å². The Labute approximate surface area is 283 Å². The zero-order chi connectivity index (χ0) is 32.9. The first-order chi connectivity index (χ1) is 22.9. The van der Waals surface area contributed by atoms with E-state index in [1.54, 1.807) is 35.8 Å². The van der Waals surface area contributed by atoms with E-state index < -0.39 is 12.0 Å². The van der Waals surface area contributed by atoms with Crippen molar-refractivity contribution in [3.05, 3.63) is 155 Å². The second kappa shape index (κ2) is 14.0. The van der Waals surface area contributed by atoms with Crippen LogP contribution in [0, 0.1) is 11.3 Å². The van der Waals surface area contributed by atoms with Gasteiger partial charge in [0, 0.05) is 11.1 Å². The molecule has 0 bridgehead atoms. The molecule has 1 aliphatic rings. The number of carbonyl (C=O) groups is 1. The molecule has 234 valence electrons. The summed E-state index contributed by atoms with van der Waals surface area (Å²) in [4.78, 5) is 33.2. The molecule has 8 nitrogen and oxygen atoms in total. The van der Waals surface area contributed by atoms with Gasteiger partial charge >= 0.3 is 5.97 Å². The summed E-state index contributed by atoms with van der Waals surface area (Å²) in [6.07, 6.45) is 1.77. The topological polar surface area (TPSA) is 103 Å². The van der Waals surface area contributed by atoms with Gasteiger partial charge in [0.2, 0.25) is 0 Å². The van der Waals surface area contributed by atoms with E-state index in [2.05, 4.69) is 22.0 Å². The van der Waals surface area contributed by atoms with Gasteiger partial charge in [-0.15, -0.1) is 0 Å². The van der Waals surface area contributed by atoms with Crippen LogP contribution in [0.1, 0.15) is 40.8 Å². The summed E-state index contributed by atoms with van der Waals surface area (Å²) in [7, 11) is 1.54. The number of fused-ring (bicyclic) bond motifs is 1. The van der Waals surface area contributed by atoms with Gasteiger partial charge in [-0.05, 0) is 58.3 Å². The van der Waals surface area contributed by atoms with Crippen LogP contribution in [0.5, 0.6) is 11.5 Å². The minimum atomic E-state index is -0.753. The highest BCUT2D eigenvalue weighted by Gasteiger charge is 2.35. The molecule has 1 atom stereocenters. The van der Waals surface area contributed by atoms with E-state index in [4.69, 9.17) is 19.2 Å². The summed E-state index contributed by atoms with van der Waals surface area (Å²) in [5.74, 6) is 0.389. The Morgan fingerprint density at radius 2 is 1.74 bits per heavy atom. The summed E-state index contributed by atoms with van der Waals surface area (Å²) in [6, 6.07) is 31.2. The maximum absolute atomic E-state index is 14.2. The van der Waals surface area contributed by atoms with E-state index in [0.717, 1.165) is 16.7 Å². The van der Waals surface area contributed by atoms with Crippen molar-refractivity contribution in [3.8, 4) is 17.6 Å². The number of ether oxygens (including phenoxy) is 3. The number of methoxy groups -OCH3 is 1. The maximum Gasteiger partial charge on any atom is 0.338 e. The van der Waals surface area contributed by atoms with Crippen LogP contribution in [0.3, 0.4) is 0 Å². The first kappa shape index (κ1) is 31.7. The minimum absolute atomic E-state index is 0.169. The van der Waals surface area contributed by atoms with Gasteiger partial charge in [0.1, 0.15) is 6.61 Å². The number of nitriles is 1. The van der Waals surface area contributed by atoms with Crippen molar-refractivity contribution in [2.24, 2.45) is 4.99 Å². The number of rotatable bonds is 9. The van der Waals surface area contributed by atoms with Crippen LogP contribution >= 0.6 is 27.3 Å². The van der Waals surface area contributed by atoms with E-state index in [1.165, 1.54) is 18.4 Å². The zero-order valence-corrected chi connectivity index (χ0v) is 27.9. The van der Waals surface area contributed by atoms with Crippen molar-refractivity contribution in [1.82, 2.24) is 4.57 Å². The molecule has 4 aromatic carbocycles. The normalized spacial score (nSPS) is 14.2. The van der Waals surface area contributed by atoms with Gasteiger partial charge in [0.05, 0.1) is 51.7 Å². The maximum atomic E-state index is 14.2. The molecule has 0 radical (unpaired) electrons. The predicted octanol–water partition coefficient (Wildman–Crippen LogP) is 6.16. The van der Waals surface area contributed by atoms with Crippen molar-refractivity contribution >= 4 is 45.0 Å². The molecule has 2 heterocycles. The first-order valence-corrected chi connectivity index (χ1v) is 16.4. The molecular formula is C37H28BrN3O5S. The molecule has 0 saturated heterocycles. The molecule has 47 heavy (non-hydrogen) atoms. The van der Waals surface area contributed by atoms with Crippen molar-refractivity contribution < 1.29 is 19.0 Å². The molecule has 0 spiro atoms. The van der Waals surface area contributed by atoms with Gasteiger partial charge in [0.15, 0.2) is 16.3 Å². The lowest BCUT2D eigenvalue weighted by Gasteiger charge is -2.25. The lowest BCUT2D eigenvalue weighted by atomic mass is 9.93. The fraction of sp³-hybridized carbons (Fsp3) is 0.135. The summed E-state index contributed by atoms with van der Waals surface area (Å²) < 4.78 is 19.9. The van der Waals surface area contributed by atoms with Crippen LogP contribution < -0.4 is 24.4 Å². The molecule has 0 fully saturated rings. The largest absolute Gasteiger partial charge is 0.493 e. The Balaban J connectivity index is 1.48. The van der Waals surface area contributed by atoms with Gasteiger partial charge in [-0.3, -0.25) is 9.36 Å². The quantitative estimate of drug-likeness (QED) is 0.170. The summed E-state index contributed by atoms with van der Waals surface area (Å²) in [6.45, 7) is 2.10. The summed E-state index contributed by atoms with van der Waals surface area (Å²) in [5, 5.41) is 9.45. The molecule has 5 aromatic rings. The number of thiazole rings is 1. The molecule has 6 rings (SSSR count). The monoisotopic (exact) mass is 705 g/mol. The Morgan fingerprint density at radius 3 is 2.45 bits per heavy atom. The van der Waals surface area contributed by atoms with Gasteiger partial charge in [-0.2, -0.15) is 5.26 Å². The first-order valence-electron chi connectivity index (χ1n) is 14.7.